The molecule has 0 radical (unpaired) electrons. The van der Waals surface area contributed by atoms with Crippen molar-refractivity contribution >= 4 is 49.8 Å². The number of halogens is 1. The maximum Gasteiger partial charge on any atom is 0.268 e. The fraction of sp³-hybridized carbons (Fsp3) is 0.294. The van der Waals surface area contributed by atoms with E-state index >= 15 is 0 Å². The predicted molar refractivity (Wildman–Crippen MR) is 95.2 cm³/mol. The summed E-state index contributed by atoms with van der Waals surface area (Å²) in [7, 11) is 0. The van der Waals surface area contributed by atoms with Crippen molar-refractivity contribution in [1.29, 1.82) is 0 Å². The van der Waals surface area contributed by atoms with Crippen molar-refractivity contribution in [3.05, 3.63) is 45.2 Å². The van der Waals surface area contributed by atoms with Crippen molar-refractivity contribution in [1.82, 2.24) is 0 Å². The summed E-state index contributed by atoms with van der Waals surface area (Å²) in [5, 5.41) is 3.65. The van der Waals surface area contributed by atoms with Gasteiger partial charge in [0.2, 0.25) is 5.91 Å². The molecule has 0 atom stereocenters. The Kier molecular flexibility index (Phi) is 3.73. The van der Waals surface area contributed by atoms with Gasteiger partial charge in [0.05, 0.1) is 9.88 Å². The Hall–Kier alpha value is -1.66. The molecule has 0 saturated heterocycles. The Morgan fingerprint density at radius 1 is 1.22 bits per heavy atom. The van der Waals surface area contributed by atoms with E-state index in [1.165, 1.54) is 16.9 Å². The molecular weight excluding hydrogens is 376 g/mol. The average Bonchev–Trinajstić information content (AvgIpc) is 3.15. The molecule has 6 heteroatoms. The first-order chi connectivity index (χ1) is 11.1. The lowest BCUT2D eigenvalue weighted by Crippen LogP contribution is -2.28. The second-order valence-corrected chi connectivity index (χ2v) is 7.91. The summed E-state index contributed by atoms with van der Waals surface area (Å²) in [6.07, 6.45) is 2.82. The molecule has 2 amide bonds. The number of hydrogen-bond acceptors (Lipinski definition) is 3. The highest BCUT2D eigenvalue weighted by atomic mass is 79.9. The summed E-state index contributed by atoms with van der Waals surface area (Å²) in [4.78, 5) is 27.0. The van der Waals surface area contributed by atoms with Crippen LogP contribution in [0, 0.1) is 5.92 Å². The minimum atomic E-state index is 0.00277. The number of nitrogens with zero attached hydrogens (tertiary/aromatic N) is 1. The molecule has 118 valence electrons. The molecule has 4 nitrogen and oxygen atoms in total. The van der Waals surface area contributed by atoms with Crippen LogP contribution < -0.4 is 10.2 Å². The van der Waals surface area contributed by atoms with E-state index in [4.69, 9.17) is 0 Å². The fourth-order valence-corrected chi connectivity index (χ4v) is 4.07. The van der Waals surface area contributed by atoms with Crippen LogP contribution in [0.15, 0.2) is 34.8 Å². The first-order valence-electron chi connectivity index (χ1n) is 7.63. The zero-order chi connectivity index (χ0) is 16.0. The normalized spacial score (nSPS) is 16.3. The Balaban J connectivity index is 1.52. The number of carbonyl (C=O) groups is 2. The molecule has 2 aliphatic rings. The number of fused-ring (bicyclic) bond motifs is 1. The van der Waals surface area contributed by atoms with Gasteiger partial charge in [-0.3, -0.25) is 9.59 Å². The molecule has 2 heterocycles. The van der Waals surface area contributed by atoms with Crippen molar-refractivity contribution in [3.8, 4) is 0 Å². The smallest absolute Gasteiger partial charge is 0.268 e. The highest BCUT2D eigenvalue weighted by molar-refractivity contribution is 9.10. The van der Waals surface area contributed by atoms with Crippen LogP contribution in [0.1, 0.15) is 28.1 Å². The molecule has 0 unspecified atom stereocenters. The lowest BCUT2D eigenvalue weighted by Gasteiger charge is -2.16. The third-order valence-corrected chi connectivity index (χ3v) is 5.68. The Labute approximate surface area is 146 Å². The van der Waals surface area contributed by atoms with Crippen LogP contribution in [0.2, 0.25) is 0 Å². The van der Waals surface area contributed by atoms with Crippen LogP contribution in [-0.4, -0.2) is 18.4 Å². The quantitative estimate of drug-likeness (QED) is 0.858. The molecular formula is C17H15BrN2O2S. The zero-order valence-electron chi connectivity index (χ0n) is 12.3. The average molecular weight is 391 g/mol. The summed E-state index contributed by atoms with van der Waals surface area (Å²) in [5.41, 5.74) is 2.17. The third kappa shape index (κ3) is 2.93. The van der Waals surface area contributed by atoms with Gasteiger partial charge in [0.15, 0.2) is 0 Å². The van der Waals surface area contributed by atoms with Gasteiger partial charge in [-0.25, -0.2) is 0 Å². The van der Waals surface area contributed by atoms with E-state index < -0.39 is 0 Å². The number of nitrogens with one attached hydrogen (secondary N) is 1. The second kappa shape index (κ2) is 5.76. The molecule has 4 rings (SSSR count). The molecule has 1 N–H and O–H groups in total. The standard InChI is InChI=1S/C17H15BrN2O2S/c18-12-3-4-13-11(9-12)7-8-20(13)17(22)14-5-6-15(23-14)19-16(21)10-1-2-10/h3-6,9-10H,1-2,7-8H2,(H,19,21). The molecule has 1 aromatic carbocycles. The van der Waals surface area contributed by atoms with Crippen LogP contribution in [0.3, 0.4) is 0 Å². The zero-order valence-corrected chi connectivity index (χ0v) is 14.7. The summed E-state index contributed by atoms with van der Waals surface area (Å²) < 4.78 is 1.03. The topological polar surface area (TPSA) is 49.4 Å². The molecule has 1 saturated carbocycles. The molecule has 0 bridgehead atoms. The number of rotatable bonds is 3. The van der Waals surface area contributed by atoms with Gasteiger partial charge in [0.25, 0.3) is 5.91 Å². The Morgan fingerprint density at radius 3 is 2.83 bits per heavy atom. The predicted octanol–water partition coefficient (Wildman–Crippen LogP) is 4.06. The van der Waals surface area contributed by atoms with E-state index in [-0.39, 0.29) is 17.7 Å². The van der Waals surface area contributed by atoms with Crippen molar-refractivity contribution < 1.29 is 9.59 Å². The van der Waals surface area contributed by atoms with E-state index in [1.807, 2.05) is 23.1 Å². The first kappa shape index (κ1) is 14.9. The Morgan fingerprint density at radius 2 is 2.04 bits per heavy atom. The number of hydrogen-bond donors (Lipinski definition) is 1. The van der Waals surface area contributed by atoms with E-state index in [2.05, 4.69) is 27.3 Å². The van der Waals surface area contributed by atoms with Crippen LogP contribution in [0.25, 0.3) is 0 Å². The van der Waals surface area contributed by atoms with Gasteiger partial charge in [-0.15, -0.1) is 11.3 Å². The van der Waals surface area contributed by atoms with Crippen LogP contribution in [0.5, 0.6) is 0 Å². The van der Waals surface area contributed by atoms with Gasteiger partial charge in [0, 0.05) is 22.6 Å². The summed E-state index contributed by atoms with van der Waals surface area (Å²) in [5.74, 6) is 0.241. The van der Waals surface area contributed by atoms with Gasteiger partial charge in [-0.2, -0.15) is 0 Å². The first-order valence-corrected chi connectivity index (χ1v) is 9.24. The van der Waals surface area contributed by atoms with Crippen LogP contribution >= 0.6 is 27.3 Å². The monoisotopic (exact) mass is 390 g/mol. The lowest BCUT2D eigenvalue weighted by atomic mass is 10.2. The van der Waals surface area contributed by atoms with Gasteiger partial charge < -0.3 is 10.2 Å². The minimum absolute atomic E-state index is 0.00277. The molecule has 2 aromatic rings. The molecule has 1 aliphatic carbocycles. The van der Waals surface area contributed by atoms with Crippen molar-refractivity contribution in [3.63, 3.8) is 0 Å². The summed E-state index contributed by atoms with van der Waals surface area (Å²) in [6, 6.07) is 9.62. The van der Waals surface area contributed by atoms with Gasteiger partial charge in [-0.1, -0.05) is 15.9 Å². The van der Waals surface area contributed by atoms with E-state index in [1.54, 1.807) is 6.07 Å². The van der Waals surface area contributed by atoms with E-state index in [9.17, 15) is 9.59 Å². The molecule has 1 fully saturated rings. The largest absolute Gasteiger partial charge is 0.317 e. The van der Waals surface area contributed by atoms with Crippen molar-refractivity contribution in [2.75, 3.05) is 16.8 Å². The number of amides is 2. The number of carbonyl (C=O) groups excluding carboxylic acids is 2. The molecule has 1 aromatic heterocycles. The number of anilines is 2. The van der Waals surface area contributed by atoms with Gasteiger partial charge in [0.1, 0.15) is 0 Å². The van der Waals surface area contributed by atoms with Gasteiger partial charge in [-0.05, 0) is 55.2 Å². The van der Waals surface area contributed by atoms with Crippen molar-refractivity contribution in [2.24, 2.45) is 5.92 Å². The lowest BCUT2D eigenvalue weighted by molar-refractivity contribution is -0.117. The minimum Gasteiger partial charge on any atom is -0.317 e. The maximum atomic E-state index is 12.8. The Bertz CT molecular complexity index is 798. The van der Waals surface area contributed by atoms with Crippen LogP contribution in [0.4, 0.5) is 10.7 Å². The summed E-state index contributed by atoms with van der Waals surface area (Å²) >= 11 is 4.81. The number of thiophene rings is 1. The highest BCUT2D eigenvalue weighted by Crippen LogP contribution is 2.34. The maximum absolute atomic E-state index is 12.8. The van der Waals surface area contributed by atoms with Crippen molar-refractivity contribution in [2.45, 2.75) is 19.3 Å². The molecule has 1 aliphatic heterocycles. The second-order valence-electron chi connectivity index (χ2n) is 5.91. The third-order valence-electron chi connectivity index (χ3n) is 4.19. The summed E-state index contributed by atoms with van der Waals surface area (Å²) in [6.45, 7) is 0.701. The van der Waals surface area contributed by atoms with Gasteiger partial charge >= 0.3 is 0 Å². The molecule has 23 heavy (non-hydrogen) atoms. The van der Waals surface area contributed by atoms with E-state index in [0.717, 1.165) is 34.4 Å². The van der Waals surface area contributed by atoms with E-state index in [0.29, 0.717) is 11.4 Å². The number of benzene rings is 1. The van der Waals surface area contributed by atoms with Crippen LogP contribution in [-0.2, 0) is 11.2 Å². The molecule has 0 spiro atoms. The highest BCUT2D eigenvalue weighted by Gasteiger charge is 2.30. The fourth-order valence-electron chi connectivity index (χ4n) is 2.80. The SMILES string of the molecule is O=C(Nc1ccc(C(=O)N2CCc3cc(Br)ccc32)s1)C1CC1.